The summed E-state index contributed by atoms with van der Waals surface area (Å²) in [5.41, 5.74) is 1.40. The Bertz CT molecular complexity index is 275. The Balaban J connectivity index is 4.33. The van der Waals surface area contributed by atoms with E-state index in [1.54, 1.807) is 26.0 Å². The third-order valence-electron chi connectivity index (χ3n) is 1.51. The van der Waals surface area contributed by atoms with Gasteiger partial charge in [0.25, 0.3) is 0 Å². The van der Waals surface area contributed by atoms with Gasteiger partial charge in [0, 0.05) is 12.6 Å². The van der Waals surface area contributed by atoms with E-state index >= 15 is 0 Å². The standard InChI is InChI=1S/C10H15NO2/c1-7(9(3)12)5-6-8(2)11-10(4)13/h5-6H,1-4H3,(H,11,13)/b7-5?,8-6+. The first kappa shape index (κ1) is 11.6. The number of allylic oxidation sites excluding steroid dienone is 4. The summed E-state index contributed by atoms with van der Waals surface area (Å²) >= 11 is 0. The molecule has 0 aromatic heterocycles. The third kappa shape index (κ3) is 5.84. The summed E-state index contributed by atoms with van der Waals surface area (Å²) in [6.07, 6.45) is 3.39. The highest BCUT2D eigenvalue weighted by Crippen LogP contribution is 1.96. The van der Waals surface area contributed by atoms with Crippen molar-refractivity contribution in [3.63, 3.8) is 0 Å². The molecule has 3 nitrogen and oxygen atoms in total. The van der Waals surface area contributed by atoms with Crippen LogP contribution in [0.25, 0.3) is 0 Å². The number of nitrogens with one attached hydrogen (secondary N) is 1. The molecule has 0 radical (unpaired) electrons. The second kappa shape index (κ2) is 5.30. The average molecular weight is 181 g/mol. The molecule has 0 heterocycles. The van der Waals surface area contributed by atoms with Crippen LogP contribution in [-0.2, 0) is 9.59 Å². The van der Waals surface area contributed by atoms with Crippen LogP contribution in [-0.4, -0.2) is 11.7 Å². The lowest BCUT2D eigenvalue weighted by Gasteiger charge is -1.99. The summed E-state index contributed by atoms with van der Waals surface area (Å²) in [5, 5.41) is 2.60. The summed E-state index contributed by atoms with van der Waals surface area (Å²) in [4.78, 5) is 21.4. The second-order valence-electron chi connectivity index (χ2n) is 2.94. The highest BCUT2D eigenvalue weighted by Gasteiger charge is 1.94. The number of carbonyl (C=O) groups excluding carboxylic acids is 2. The molecule has 0 aromatic carbocycles. The lowest BCUT2D eigenvalue weighted by molar-refractivity contribution is -0.118. The summed E-state index contributed by atoms with van der Waals surface area (Å²) in [5.74, 6) is -0.0745. The predicted octanol–water partition coefficient (Wildman–Crippen LogP) is 1.56. The van der Waals surface area contributed by atoms with Crippen LogP contribution in [0.15, 0.2) is 23.4 Å². The second-order valence-corrected chi connectivity index (χ2v) is 2.94. The molecular weight excluding hydrogens is 166 g/mol. The normalized spacial score (nSPS) is 12.6. The number of carbonyl (C=O) groups is 2. The average Bonchev–Trinajstić information content (AvgIpc) is 1.98. The van der Waals surface area contributed by atoms with Crippen molar-refractivity contribution in [3.05, 3.63) is 23.4 Å². The Morgan fingerprint density at radius 1 is 1.00 bits per heavy atom. The van der Waals surface area contributed by atoms with Gasteiger partial charge in [-0.2, -0.15) is 0 Å². The summed E-state index contributed by atoms with van der Waals surface area (Å²) in [7, 11) is 0. The lowest BCUT2D eigenvalue weighted by atomic mass is 10.2. The van der Waals surface area contributed by atoms with Crippen LogP contribution in [0.4, 0.5) is 0 Å². The summed E-state index contributed by atoms with van der Waals surface area (Å²) in [6, 6.07) is 0. The maximum atomic E-state index is 10.8. The number of rotatable bonds is 3. The number of hydrogen-bond donors (Lipinski definition) is 1. The molecule has 0 rings (SSSR count). The summed E-state index contributed by atoms with van der Waals surface area (Å²) < 4.78 is 0. The van der Waals surface area contributed by atoms with Gasteiger partial charge in [0.05, 0.1) is 0 Å². The fourth-order valence-electron chi connectivity index (χ4n) is 0.687. The molecule has 3 heteroatoms. The first-order valence-corrected chi connectivity index (χ1v) is 4.07. The van der Waals surface area contributed by atoms with E-state index in [0.717, 1.165) is 5.70 Å². The van der Waals surface area contributed by atoms with E-state index in [-0.39, 0.29) is 11.7 Å². The Hall–Kier alpha value is -1.38. The molecule has 0 saturated heterocycles. The molecule has 1 N–H and O–H groups in total. The van der Waals surface area contributed by atoms with Crippen LogP contribution in [0.5, 0.6) is 0 Å². The van der Waals surface area contributed by atoms with Gasteiger partial charge in [-0.1, -0.05) is 6.08 Å². The maximum Gasteiger partial charge on any atom is 0.220 e. The highest BCUT2D eigenvalue weighted by molar-refractivity contribution is 5.92. The quantitative estimate of drug-likeness (QED) is 0.530. The molecule has 0 aliphatic rings. The number of amides is 1. The van der Waals surface area contributed by atoms with E-state index in [0.29, 0.717) is 5.57 Å². The van der Waals surface area contributed by atoms with Gasteiger partial charge < -0.3 is 5.32 Å². The molecule has 0 aliphatic heterocycles. The van der Waals surface area contributed by atoms with E-state index in [4.69, 9.17) is 0 Å². The lowest BCUT2D eigenvalue weighted by Crippen LogP contribution is -2.16. The molecule has 0 unspecified atom stereocenters. The van der Waals surface area contributed by atoms with E-state index in [1.165, 1.54) is 13.8 Å². The van der Waals surface area contributed by atoms with Crippen LogP contribution < -0.4 is 5.32 Å². The van der Waals surface area contributed by atoms with Gasteiger partial charge in [0.2, 0.25) is 5.91 Å². The van der Waals surface area contributed by atoms with Gasteiger partial charge in [-0.15, -0.1) is 0 Å². The van der Waals surface area contributed by atoms with Crippen LogP contribution in [0.3, 0.4) is 0 Å². The Labute approximate surface area is 78.5 Å². The Kier molecular flexibility index (Phi) is 4.74. The zero-order valence-electron chi connectivity index (χ0n) is 8.47. The van der Waals surface area contributed by atoms with Gasteiger partial charge >= 0.3 is 0 Å². The molecule has 0 saturated carbocycles. The monoisotopic (exact) mass is 181 g/mol. The van der Waals surface area contributed by atoms with Crippen molar-refractivity contribution >= 4 is 11.7 Å². The topological polar surface area (TPSA) is 46.2 Å². The molecule has 13 heavy (non-hydrogen) atoms. The first-order chi connectivity index (χ1) is 5.93. The fourth-order valence-corrected chi connectivity index (χ4v) is 0.687. The molecule has 0 spiro atoms. The van der Waals surface area contributed by atoms with E-state index in [1.807, 2.05) is 0 Å². The van der Waals surface area contributed by atoms with E-state index in [2.05, 4.69) is 5.32 Å². The highest BCUT2D eigenvalue weighted by atomic mass is 16.1. The Morgan fingerprint density at radius 3 is 1.92 bits per heavy atom. The number of ketones is 1. The van der Waals surface area contributed by atoms with Crippen LogP contribution in [0, 0.1) is 0 Å². The fraction of sp³-hybridized carbons (Fsp3) is 0.400. The molecular formula is C10H15NO2. The molecule has 0 bridgehead atoms. The van der Waals surface area contributed by atoms with Crippen LogP contribution >= 0.6 is 0 Å². The minimum Gasteiger partial charge on any atom is -0.330 e. The van der Waals surface area contributed by atoms with Gasteiger partial charge in [-0.25, -0.2) is 0 Å². The molecule has 0 atom stereocenters. The zero-order chi connectivity index (χ0) is 10.4. The van der Waals surface area contributed by atoms with Gasteiger partial charge in [-0.05, 0) is 32.4 Å². The molecule has 0 aromatic rings. The van der Waals surface area contributed by atoms with E-state index < -0.39 is 0 Å². The molecule has 0 aliphatic carbocycles. The van der Waals surface area contributed by atoms with Crippen molar-refractivity contribution in [1.29, 1.82) is 0 Å². The van der Waals surface area contributed by atoms with Crippen molar-refractivity contribution in [1.82, 2.24) is 5.32 Å². The first-order valence-electron chi connectivity index (χ1n) is 4.07. The zero-order valence-corrected chi connectivity index (χ0v) is 8.47. The summed E-state index contributed by atoms with van der Waals surface area (Å²) in [6.45, 7) is 6.46. The van der Waals surface area contributed by atoms with Gasteiger partial charge in [0.15, 0.2) is 5.78 Å². The van der Waals surface area contributed by atoms with Gasteiger partial charge in [0.1, 0.15) is 0 Å². The largest absolute Gasteiger partial charge is 0.330 e. The maximum absolute atomic E-state index is 10.8. The van der Waals surface area contributed by atoms with Crippen molar-refractivity contribution in [2.75, 3.05) is 0 Å². The van der Waals surface area contributed by atoms with Crippen molar-refractivity contribution in [3.8, 4) is 0 Å². The molecule has 0 fully saturated rings. The van der Waals surface area contributed by atoms with Crippen molar-refractivity contribution in [2.24, 2.45) is 0 Å². The minimum absolute atomic E-state index is 0.0341. The third-order valence-corrected chi connectivity index (χ3v) is 1.51. The van der Waals surface area contributed by atoms with Crippen molar-refractivity contribution < 1.29 is 9.59 Å². The Morgan fingerprint density at radius 2 is 1.54 bits per heavy atom. The van der Waals surface area contributed by atoms with Crippen molar-refractivity contribution in [2.45, 2.75) is 27.7 Å². The predicted molar refractivity (Wildman–Crippen MR) is 52.0 cm³/mol. The SMILES string of the molecule is CC(=O)N/C(C)=C/C=C(C)C(C)=O. The minimum atomic E-state index is -0.109. The van der Waals surface area contributed by atoms with E-state index in [9.17, 15) is 9.59 Å². The molecule has 1 amide bonds. The van der Waals surface area contributed by atoms with Gasteiger partial charge in [-0.3, -0.25) is 9.59 Å². The molecule has 72 valence electrons. The van der Waals surface area contributed by atoms with Crippen LogP contribution in [0.2, 0.25) is 0 Å². The smallest absolute Gasteiger partial charge is 0.220 e. The van der Waals surface area contributed by atoms with Crippen LogP contribution in [0.1, 0.15) is 27.7 Å². The number of Topliss-reactive ketones (excluding diaryl/α,β-unsaturated/α-hetero) is 1. The number of hydrogen-bond acceptors (Lipinski definition) is 2.